The Morgan fingerprint density at radius 3 is 1.59 bits per heavy atom. The summed E-state index contributed by atoms with van der Waals surface area (Å²) in [5.41, 5.74) is 2.26. The standard InChI is InChI=1S/C25H25ClN2O4/c1-31-19-11-7-17(8-12-19)15-23(29)27-25(21-5-3-4-6-22(21)26)28-24(30)16-18-9-13-20(32-2)14-10-18/h3-14,25H,15-16H2,1-2H3,(H,27,29)(H,28,30). The Kier molecular flexibility index (Phi) is 8.11. The number of hydrogen-bond donors (Lipinski definition) is 2. The Labute approximate surface area is 192 Å². The molecule has 0 aliphatic rings. The molecule has 0 aliphatic carbocycles. The normalized spacial score (nSPS) is 10.5. The summed E-state index contributed by atoms with van der Waals surface area (Å²) in [7, 11) is 3.18. The minimum Gasteiger partial charge on any atom is -0.497 e. The van der Waals surface area contributed by atoms with Gasteiger partial charge < -0.3 is 20.1 Å². The molecule has 0 bridgehead atoms. The Morgan fingerprint density at radius 1 is 0.750 bits per heavy atom. The number of rotatable bonds is 9. The monoisotopic (exact) mass is 452 g/mol. The number of nitrogens with one attached hydrogen (secondary N) is 2. The summed E-state index contributed by atoms with van der Waals surface area (Å²) < 4.78 is 10.3. The third kappa shape index (κ3) is 6.49. The van der Waals surface area contributed by atoms with Crippen molar-refractivity contribution in [3.8, 4) is 11.5 Å². The lowest BCUT2D eigenvalue weighted by Crippen LogP contribution is -2.42. The number of carbonyl (C=O) groups excluding carboxylic acids is 2. The summed E-state index contributed by atoms with van der Waals surface area (Å²) in [4.78, 5) is 25.4. The molecule has 0 heterocycles. The second kappa shape index (κ2) is 11.2. The second-order valence-corrected chi connectivity index (χ2v) is 7.55. The molecule has 0 saturated carbocycles. The zero-order valence-electron chi connectivity index (χ0n) is 17.9. The van der Waals surface area contributed by atoms with Crippen LogP contribution < -0.4 is 20.1 Å². The van der Waals surface area contributed by atoms with Crippen LogP contribution in [0.1, 0.15) is 22.9 Å². The van der Waals surface area contributed by atoms with Crippen LogP contribution in [0.25, 0.3) is 0 Å². The molecule has 7 heteroatoms. The zero-order chi connectivity index (χ0) is 22.9. The average Bonchev–Trinajstić information content (AvgIpc) is 2.80. The number of ether oxygens (including phenoxy) is 2. The number of carbonyl (C=O) groups is 2. The van der Waals surface area contributed by atoms with Crippen LogP contribution in [-0.2, 0) is 22.4 Å². The maximum absolute atomic E-state index is 12.7. The highest BCUT2D eigenvalue weighted by atomic mass is 35.5. The van der Waals surface area contributed by atoms with Crippen molar-refractivity contribution in [3.63, 3.8) is 0 Å². The molecule has 0 aliphatic heterocycles. The molecule has 0 atom stereocenters. The molecular weight excluding hydrogens is 428 g/mol. The summed E-state index contributed by atoms with van der Waals surface area (Å²) in [5.74, 6) is 0.942. The minimum atomic E-state index is -0.764. The van der Waals surface area contributed by atoms with Gasteiger partial charge in [-0.05, 0) is 41.5 Å². The lowest BCUT2D eigenvalue weighted by molar-refractivity contribution is -0.123. The van der Waals surface area contributed by atoms with Gasteiger partial charge in [-0.2, -0.15) is 0 Å². The first kappa shape index (κ1) is 23.2. The van der Waals surface area contributed by atoms with Gasteiger partial charge in [-0.1, -0.05) is 54.1 Å². The van der Waals surface area contributed by atoms with Gasteiger partial charge in [0.15, 0.2) is 0 Å². The highest BCUT2D eigenvalue weighted by molar-refractivity contribution is 6.31. The van der Waals surface area contributed by atoms with E-state index in [4.69, 9.17) is 21.1 Å². The molecule has 2 amide bonds. The van der Waals surface area contributed by atoms with Gasteiger partial charge in [0, 0.05) is 10.6 Å². The third-order valence-corrected chi connectivity index (χ3v) is 5.22. The van der Waals surface area contributed by atoms with Gasteiger partial charge in [0.2, 0.25) is 11.8 Å². The van der Waals surface area contributed by atoms with Crippen molar-refractivity contribution in [2.45, 2.75) is 19.0 Å². The van der Waals surface area contributed by atoms with Gasteiger partial charge in [0.1, 0.15) is 17.7 Å². The van der Waals surface area contributed by atoms with Crippen LogP contribution in [0.15, 0.2) is 72.8 Å². The summed E-state index contributed by atoms with van der Waals surface area (Å²) in [6.45, 7) is 0. The van der Waals surface area contributed by atoms with Crippen LogP contribution >= 0.6 is 11.6 Å². The van der Waals surface area contributed by atoms with E-state index in [0.717, 1.165) is 11.1 Å². The molecule has 0 saturated heterocycles. The maximum atomic E-state index is 12.7. The second-order valence-electron chi connectivity index (χ2n) is 7.14. The van der Waals surface area contributed by atoms with Crippen molar-refractivity contribution in [1.29, 1.82) is 0 Å². The van der Waals surface area contributed by atoms with Gasteiger partial charge in [-0.25, -0.2) is 0 Å². The highest BCUT2D eigenvalue weighted by Crippen LogP contribution is 2.22. The van der Waals surface area contributed by atoms with E-state index in [1.807, 2.05) is 24.3 Å². The molecule has 3 rings (SSSR count). The van der Waals surface area contributed by atoms with Crippen molar-refractivity contribution < 1.29 is 19.1 Å². The summed E-state index contributed by atoms with van der Waals surface area (Å²) in [6.07, 6.45) is -0.460. The first-order valence-electron chi connectivity index (χ1n) is 10.1. The van der Waals surface area contributed by atoms with Crippen LogP contribution in [0.5, 0.6) is 11.5 Å². The van der Waals surface area contributed by atoms with E-state index < -0.39 is 6.17 Å². The fourth-order valence-corrected chi connectivity index (χ4v) is 3.43. The molecule has 32 heavy (non-hydrogen) atoms. The molecule has 0 radical (unpaired) electrons. The largest absolute Gasteiger partial charge is 0.497 e. The molecule has 166 valence electrons. The predicted octanol–water partition coefficient (Wildman–Crippen LogP) is 4.07. The SMILES string of the molecule is COc1ccc(CC(=O)NC(NC(=O)Cc2ccc(OC)cc2)c2ccccc2Cl)cc1. The van der Waals surface area contributed by atoms with E-state index >= 15 is 0 Å². The molecule has 2 N–H and O–H groups in total. The average molecular weight is 453 g/mol. The molecule has 6 nitrogen and oxygen atoms in total. The number of hydrogen-bond acceptors (Lipinski definition) is 4. The Bertz CT molecular complexity index is 989. The van der Waals surface area contributed by atoms with Crippen LogP contribution in [0.2, 0.25) is 5.02 Å². The van der Waals surface area contributed by atoms with Crippen molar-refractivity contribution in [1.82, 2.24) is 10.6 Å². The first-order valence-corrected chi connectivity index (χ1v) is 10.5. The molecule has 3 aromatic rings. The van der Waals surface area contributed by atoms with E-state index in [0.29, 0.717) is 22.1 Å². The van der Waals surface area contributed by atoms with Gasteiger partial charge >= 0.3 is 0 Å². The summed E-state index contributed by atoms with van der Waals surface area (Å²) >= 11 is 6.34. The van der Waals surface area contributed by atoms with Gasteiger partial charge in [-0.3, -0.25) is 9.59 Å². The molecule has 3 aromatic carbocycles. The molecule has 0 spiro atoms. The predicted molar refractivity (Wildman–Crippen MR) is 124 cm³/mol. The van der Waals surface area contributed by atoms with E-state index in [1.54, 1.807) is 62.8 Å². The zero-order valence-corrected chi connectivity index (χ0v) is 18.7. The molecule has 0 aromatic heterocycles. The van der Waals surface area contributed by atoms with Crippen LogP contribution in [0.4, 0.5) is 0 Å². The van der Waals surface area contributed by atoms with Crippen molar-refractivity contribution >= 4 is 23.4 Å². The van der Waals surface area contributed by atoms with Crippen molar-refractivity contribution in [2.75, 3.05) is 14.2 Å². The summed E-state index contributed by atoms with van der Waals surface area (Å²) in [5, 5.41) is 6.21. The lowest BCUT2D eigenvalue weighted by atomic mass is 10.1. The third-order valence-electron chi connectivity index (χ3n) is 4.87. The first-order chi connectivity index (χ1) is 15.5. The smallest absolute Gasteiger partial charge is 0.226 e. The van der Waals surface area contributed by atoms with E-state index in [1.165, 1.54) is 0 Å². The van der Waals surface area contributed by atoms with Gasteiger partial charge in [-0.15, -0.1) is 0 Å². The maximum Gasteiger partial charge on any atom is 0.226 e. The molecule has 0 unspecified atom stereocenters. The Balaban J connectivity index is 1.70. The van der Waals surface area contributed by atoms with Crippen LogP contribution in [0.3, 0.4) is 0 Å². The van der Waals surface area contributed by atoms with Crippen molar-refractivity contribution in [2.24, 2.45) is 0 Å². The quantitative estimate of drug-likeness (QED) is 0.480. The van der Waals surface area contributed by atoms with Crippen molar-refractivity contribution in [3.05, 3.63) is 94.5 Å². The van der Waals surface area contributed by atoms with Crippen LogP contribution in [0, 0.1) is 0 Å². The number of benzene rings is 3. The summed E-state index contributed by atoms with van der Waals surface area (Å²) in [6, 6.07) is 21.6. The van der Waals surface area contributed by atoms with Gasteiger partial charge in [0.05, 0.1) is 27.1 Å². The Hall–Kier alpha value is -3.51. The van der Waals surface area contributed by atoms with Crippen LogP contribution in [-0.4, -0.2) is 26.0 Å². The number of amides is 2. The number of methoxy groups -OCH3 is 2. The molecule has 0 fully saturated rings. The lowest BCUT2D eigenvalue weighted by Gasteiger charge is -2.22. The topological polar surface area (TPSA) is 76.7 Å². The Morgan fingerprint density at radius 2 is 1.19 bits per heavy atom. The van der Waals surface area contributed by atoms with Gasteiger partial charge in [0.25, 0.3) is 0 Å². The van der Waals surface area contributed by atoms with E-state index in [2.05, 4.69) is 10.6 Å². The number of halogens is 1. The molecular formula is C25H25ClN2O4. The minimum absolute atomic E-state index is 0.152. The highest BCUT2D eigenvalue weighted by Gasteiger charge is 2.20. The van der Waals surface area contributed by atoms with E-state index in [-0.39, 0.29) is 24.7 Å². The van der Waals surface area contributed by atoms with E-state index in [9.17, 15) is 9.59 Å². The fraction of sp³-hybridized carbons (Fsp3) is 0.200. The fourth-order valence-electron chi connectivity index (χ4n) is 3.18.